The van der Waals surface area contributed by atoms with Crippen LogP contribution >= 0.6 is 0 Å². The highest BCUT2D eigenvalue weighted by atomic mass is 15.2. The second kappa shape index (κ2) is 5.88. The van der Waals surface area contributed by atoms with Crippen LogP contribution in [0.5, 0.6) is 0 Å². The van der Waals surface area contributed by atoms with Crippen molar-refractivity contribution in [1.82, 2.24) is 4.98 Å². The fraction of sp³-hybridized carbons (Fsp3) is 0.190. The summed E-state index contributed by atoms with van der Waals surface area (Å²) in [6.45, 7) is 1.08. The first-order valence-corrected chi connectivity index (χ1v) is 8.19. The number of aromatic nitrogens is 1. The molecule has 4 rings (SSSR count). The SMILES string of the molecule is CN1CCCc2cc(-c3ccccc3)c(-c3ccccc3)nc21. The van der Waals surface area contributed by atoms with Gasteiger partial charge in [0.25, 0.3) is 0 Å². The van der Waals surface area contributed by atoms with Crippen molar-refractivity contribution in [2.75, 3.05) is 18.5 Å². The van der Waals surface area contributed by atoms with Gasteiger partial charge < -0.3 is 4.90 Å². The van der Waals surface area contributed by atoms with Crippen molar-refractivity contribution in [3.63, 3.8) is 0 Å². The molecular formula is C21H20N2. The number of rotatable bonds is 2. The van der Waals surface area contributed by atoms with Crippen molar-refractivity contribution in [2.24, 2.45) is 0 Å². The van der Waals surface area contributed by atoms with E-state index in [-0.39, 0.29) is 0 Å². The topological polar surface area (TPSA) is 16.1 Å². The number of nitrogens with zero attached hydrogens (tertiary/aromatic N) is 2. The molecule has 0 radical (unpaired) electrons. The number of fused-ring (bicyclic) bond motifs is 1. The minimum Gasteiger partial charge on any atom is -0.359 e. The third kappa shape index (κ3) is 2.61. The monoisotopic (exact) mass is 300 g/mol. The first-order chi connectivity index (χ1) is 11.3. The van der Waals surface area contributed by atoms with Crippen molar-refractivity contribution >= 4 is 5.82 Å². The molecule has 0 spiro atoms. The van der Waals surface area contributed by atoms with E-state index in [1.807, 2.05) is 0 Å². The highest BCUT2D eigenvalue weighted by Gasteiger charge is 2.19. The summed E-state index contributed by atoms with van der Waals surface area (Å²) in [6.07, 6.45) is 2.31. The van der Waals surface area contributed by atoms with Gasteiger partial charge in [0.15, 0.2) is 0 Å². The van der Waals surface area contributed by atoms with E-state index in [0.29, 0.717) is 0 Å². The van der Waals surface area contributed by atoms with Crippen LogP contribution < -0.4 is 4.90 Å². The summed E-state index contributed by atoms with van der Waals surface area (Å²) in [4.78, 5) is 7.34. The second-order valence-electron chi connectivity index (χ2n) is 6.12. The van der Waals surface area contributed by atoms with Gasteiger partial charge in [-0.2, -0.15) is 0 Å². The number of hydrogen-bond donors (Lipinski definition) is 0. The maximum absolute atomic E-state index is 5.07. The van der Waals surface area contributed by atoms with Crippen molar-refractivity contribution < 1.29 is 0 Å². The zero-order valence-corrected chi connectivity index (χ0v) is 13.4. The molecular weight excluding hydrogens is 280 g/mol. The number of benzene rings is 2. The lowest BCUT2D eigenvalue weighted by Gasteiger charge is -2.28. The number of pyridine rings is 1. The van der Waals surface area contributed by atoms with E-state index in [4.69, 9.17) is 4.98 Å². The van der Waals surface area contributed by atoms with E-state index < -0.39 is 0 Å². The summed E-state index contributed by atoms with van der Waals surface area (Å²) in [5.74, 6) is 1.13. The molecule has 1 aliphatic rings. The Morgan fingerprint density at radius 2 is 1.52 bits per heavy atom. The van der Waals surface area contributed by atoms with Gasteiger partial charge in [-0.25, -0.2) is 4.98 Å². The fourth-order valence-corrected chi connectivity index (χ4v) is 3.33. The van der Waals surface area contributed by atoms with Gasteiger partial charge in [-0.1, -0.05) is 60.7 Å². The molecule has 2 nitrogen and oxygen atoms in total. The van der Waals surface area contributed by atoms with Crippen LogP contribution in [0.3, 0.4) is 0 Å². The van der Waals surface area contributed by atoms with E-state index in [1.54, 1.807) is 0 Å². The van der Waals surface area contributed by atoms with E-state index in [9.17, 15) is 0 Å². The predicted molar refractivity (Wildman–Crippen MR) is 96.7 cm³/mol. The molecule has 2 heteroatoms. The quantitative estimate of drug-likeness (QED) is 0.676. The Morgan fingerprint density at radius 3 is 2.22 bits per heavy atom. The van der Waals surface area contributed by atoms with Crippen LogP contribution in [0.15, 0.2) is 66.7 Å². The summed E-state index contributed by atoms with van der Waals surface area (Å²) in [5.41, 5.74) is 6.07. The Morgan fingerprint density at radius 1 is 0.870 bits per heavy atom. The summed E-state index contributed by atoms with van der Waals surface area (Å²) in [7, 11) is 2.14. The molecule has 0 atom stereocenters. The highest BCUT2D eigenvalue weighted by Crippen LogP contribution is 2.36. The standard InChI is InChI=1S/C21H20N2/c1-23-14-8-13-18-15-19(16-9-4-2-5-10-16)20(22-21(18)23)17-11-6-3-7-12-17/h2-7,9-12,15H,8,13-14H2,1H3. The second-order valence-corrected chi connectivity index (χ2v) is 6.12. The molecule has 0 unspecified atom stereocenters. The molecule has 0 fully saturated rings. The van der Waals surface area contributed by atoms with Crippen LogP contribution in [-0.4, -0.2) is 18.6 Å². The molecule has 114 valence electrons. The Kier molecular flexibility index (Phi) is 3.58. The number of aryl methyl sites for hydroxylation is 1. The van der Waals surface area contributed by atoms with Crippen molar-refractivity contribution in [3.05, 3.63) is 72.3 Å². The average Bonchev–Trinajstić information content (AvgIpc) is 2.63. The highest BCUT2D eigenvalue weighted by molar-refractivity contribution is 5.83. The zero-order chi connectivity index (χ0) is 15.6. The fourth-order valence-electron chi connectivity index (χ4n) is 3.33. The van der Waals surface area contributed by atoms with E-state index >= 15 is 0 Å². The summed E-state index contributed by atoms with van der Waals surface area (Å²) in [6, 6.07) is 23.4. The Balaban J connectivity index is 1.96. The van der Waals surface area contributed by atoms with Gasteiger partial charge in [0, 0.05) is 24.7 Å². The minimum atomic E-state index is 1.07. The van der Waals surface area contributed by atoms with Crippen molar-refractivity contribution in [1.29, 1.82) is 0 Å². The van der Waals surface area contributed by atoms with E-state index in [1.165, 1.54) is 28.7 Å². The Hall–Kier alpha value is -2.61. The summed E-state index contributed by atoms with van der Waals surface area (Å²) < 4.78 is 0. The predicted octanol–water partition coefficient (Wildman–Crippen LogP) is 4.80. The minimum absolute atomic E-state index is 1.07. The largest absolute Gasteiger partial charge is 0.359 e. The molecule has 0 saturated carbocycles. The smallest absolute Gasteiger partial charge is 0.132 e. The van der Waals surface area contributed by atoms with Gasteiger partial charge >= 0.3 is 0 Å². The molecule has 0 aliphatic carbocycles. The maximum atomic E-state index is 5.07. The summed E-state index contributed by atoms with van der Waals surface area (Å²) >= 11 is 0. The van der Waals surface area contributed by atoms with Crippen LogP contribution in [0.1, 0.15) is 12.0 Å². The molecule has 1 aromatic heterocycles. The van der Waals surface area contributed by atoms with Gasteiger partial charge in [0.05, 0.1) is 5.69 Å². The molecule has 0 saturated heterocycles. The van der Waals surface area contributed by atoms with Crippen LogP contribution in [0, 0.1) is 0 Å². The first-order valence-electron chi connectivity index (χ1n) is 8.19. The Bertz CT molecular complexity index is 810. The van der Waals surface area contributed by atoms with Crippen molar-refractivity contribution in [2.45, 2.75) is 12.8 Å². The third-order valence-corrected chi connectivity index (χ3v) is 4.51. The van der Waals surface area contributed by atoms with Gasteiger partial charge in [-0.15, -0.1) is 0 Å². The van der Waals surface area contributed by atoms with Crippen LogP contribution in [0.25, 0.3) is 22.4 Å². The lowest BCUT2D eigenvalue weighted by Crippen LogP contribution is -2.26. The number of anilines is 1. The molecule has 0 N–H and O–H groups in total. The van der Waals surface area contributed by atoms with E-state index in [0.717, 1.165) is 24.5 Å². The zero-order valence-electron chi connectivity index (χ0n) is 13.4. The lowest BCUT2D eigenvalue weighted by atomic mass is 9.95. The van der Waals surface area contributed by atoms with Crippen LogP contribution in [0.2, 0.25) is 0 Å². The summed E-state index contributed by atoms with van der Waals surface area (Å²) in [5, 5.41) is 0. The molecule has 1 aliphatic heterocycles. The van der Waals surface area contributed by atoms with Crippen LogP contribution in [-0.2, 0) is 6.42 Å². The first kappa shape index (κ1) is 14.0. The Labute approximate surface area is 137 Å². The van der Waals surface area contributed by atoms with Crippen molar-refractivity contribution in [3.8, 4) is 22.4 Å². The molecule has 0 bridgehead atoms. The van der Waals surface area contributed by atoms with Gasteiger partial charge in [-0.05, 0) is 30.0 Å². The normalized spacial score (nSPS) is 13.7. The molecule has 0 amide bonds. The molecule has 3 aromatic rings. The lowest BCUT2D eigenvalue weighted by molar-refractivity contribution is 0.731. The average molecular weight is 300 g/mol. The molecule has 2 heterocycles. The van der Waals surface area contributed by atoms with Gasteiger partial charge in [0.1, 0.15) is 5.82 Å². The molecule has 2 aromatic carbocycles. The van der Waals surface area contributed by atoms with Gasteiger partial charge in [0.2, 0.25) is 0 Å². The number of hydrogen-bond acceptors (Lipinski definition) is 2. The maximum Gasteiger partial charge on any atom is 0.132 e. The van der Waals surface area contributed by atoms with Crippen LogP contribution in [0.4, 0.5) is 5.82 Å². The third-order valence-electron chi connectivity index (χ3n) is 4.51. The molecule has 23 heavy (non-hydrogen) atoms. The van der Waals surface area contributed by atoms with E-state index in [2.05, 4.69) is 78.7 Å². The van der Waals surface area contributed by atoms with Gasteiger partial charge in [-0.3, -0.25) is 0 Å².